The van der Waals surface area contributed by atoms with Crippen LogP contribution in [0.1, 0.15) is 149 Å². The third-order valence-corrected chi connectivity index (χ3v) is 9.67. The largest absolute Gasteiger partial charge is 0.756 e. The minimum Gasteiger partial charge on any atom is -0.756 e. The number of aliphatic hydroxyl groups is 1. The molecule has 0 aliphatic rings. The van der Waals surface area contributed by atoms with E-state index in [2.05, 4.69) is 67.8 Å². The Morgan fingerprint density at radius 3 is 1.60 bits per heavy atom. The Hall–Kier alpha value is -2.06. The molecule has 0 aliphatic carbocycles. The smallest absolute Gasteiger partial charge is 0.268 e. The molecule has 0 aliphatic heterocycles. The van der Waals surface area contributed by atoms with Crippen molar-refractivity contribution in [3.63, 3.8) is 0 Å². The van der Waals surface area contributed by atoms with Crippen molar-refractivity contribution in [1.29, 1.82) is 0 Å². The van der Waals surface area contributed by atoms with Gasteiger partial charge in [0.2, 0.25) is 5.91 Å². The van der Waals surface area contributed by atoms with Gasteiger partial charge in [0, 0.05) is 6.42 Å². The van der Waals surface area contributed by atoms with Crippen LogP contribution < -0.4 is 10.2 Å². The summed E-state index contributed by atoms with van der Waals surface area (Å²) < 4.78 is 23.1. The SMILES string of the molecule is CC/C=C\C/C=C\C/C=C\C/C=C\C/C=C\CC(=O)NC(COP(=O)([O-])OCC[N+](C)(C)C)C(O)/C=C/CCCCCCCCCCCCCCCC. The van der Waals surface area contributed by atoms with Gasteiger partial charge < -0.3 is 28.8 Å². The predicted octanol–water partition coefficient (Wildman–Crippen LogP) is 10.6. The van der Waals surface area contributed by atoms with Crippen molar-refractivity contribution in [3.8, 4) is 0 Å². The molecule has 2 N–H and O–H groups in total. The molecule has 3 unspecified atom stereocenters. The van der Waals surface area contributed by atoms with E-state index in [4.69, 9.17) is 9.05 Å². The quantitative estimate of drug-likeness (QED) is 0.0285. The summed E-state index contributed by atoms with van der Waals surface area (Å²) in [6, 6.07) is -0.943. The number of phosphoric ester groups is 1. The molecule has 0 saturated carbocycles. The predicted molar refractivity (Wildman–Crippen MR) is 223 cm³/mol. The van der Waals surface area contributed by atoms with E-state index in [0.717, 1.165) is 44.9 Å². The molecule has 0 aromatic rings. The zero-order valence-corrected chi connectivity index (χ0v) is 35.3. The van der Waals surface area contributed by atoms with Crippen LogP contribution in [0.3, 0.4) is 0 Å². The molecule has 1 amide bonds. The van der Waals surface area contributed by atoms with Crippen molar-refractivity contribution in [2.45, 2.75) is 161 Å². The van der Waals surface area contributed by atoms with Gasteiger partial charge in [-0.15, -0.1) is 0 Å². The molecule has 0 saturated heterocycles. The highest BCUT2D eigenvalue weighted by molar-refractivity contribution is 7.45. The minimum absolute atomic E-state index is 0.0208. The summed E-state index contributed by atoms with van der Waals surface area (Å²) in [4.78, 5) is 25.2. The lowest BCUT2D eigenvalue weighted by Crippen LogP contribution is -2.45. The number of hydrogen-bond acceptors (Lipinski definition) is 6. The number of aliphatic hydroxyl groups excluding tert-OH is 1. The van der Waals surface area contributed by atoms with Crippen LogP contribution in [0.5, 0.6) is 0 Å². The van der Waals surface area contributed by atoms with Crippen LogP contribution in [0.15, 0.2) is 72.9 Å². The number of unbranched alkanes of at least 4 members (excludes halogenated alkanes) is 14. The monoisotopic (exact) mass is 763 g/mol. The summed E-state index contributed by atoms with van der Waals surface area (Å²) in [7, 11) is 1.19. The number of amides is 1. The van der Waals surface area contributed by atoms with Crippen molar-refractivity contribution in [3.05, 3.63) is 72.9 Å². The summed E-state index contributed by atoms with van der Waals surface area (Å²) in [5.74, 6) is -0.328. The lowest BCUT2D eigenvalue weighted by atomic mass is 10.0. The number of likely N-dealkylation sites (N-methyl/N-ethyl adjacent to an activating group) is 1. The van der Waals surface area contributed by atoms with Crippen LogP contribution in [0.4, 0.5) is 0 Å². The Bertz CT molecular complexity index is 1090. The second-order valence-electron chi connectivity index (χ2n) is 15.0. The lowest BCUT2D eigenvalue weighted by molar-refractivity contribution is -0.870. The molecule has 0 spiro atoms. The van der Waals surface area contributed by atoms with Gasteiger partial charge in [0.25, 0.3) is 7.82 Å². The van der Waals surface area contributed by atoms with Gasteiger partial charge in [-0.25, -0.2) is 0 Å². The number of carbonyl (C=O) groups excluding carboxylic acids is 1. The number of nitrogens with zero attached hydrogens (tertiary/aromatic N) is 1. The second kappa shape index (κ2) is 35.6. The molecule has 306 valence electrons. The van der Waals surface area contributed by atoms with Gasteiger partial charge in [-0.3, -0.25) is 9.36 Å². The Morgan fingerprint density at radius 2 is 1.13 bits per heavy atom. The van der Waals surface area contributed by atoms with Crippen LogP contribution in [0.25, 0.3) is 0 Å². The van der Waals surface area contributed by atoms with E-state index in [1.807, 2.05) is 33.3 Å². The fraction of sp³-hybridized carbons (Fsp3) is 0.705. The first-order valence-electron chi connectivity index (χ1n) is 20.8. The molecule has 0 fully saturated rings. The van der Waals surface area contributed by atoms with E-state index < -0.39 is 26.6 Å². The number of carbonyl (C=O) groups is 1. The summed E-state index contributed by atoms with van der Waals surface area (Å²) in [5.41, 5.74) is 0. The fourth-order valence-corrected chi connectivity index (χ4v) is 6.12. The minimum atomic E-state index is -4.61. The summed E-state index contributed by atoms with van der Waals surface area (Å²) >= 11 is 0. The molecule has 0 rings (SSSR count). The molecule has 8 nitrogen and oxygen atoms in total. The molecule has 0 radical (unpaired) electrons. The van der Waals surface area contributed by atoms with Crippen molar-refractivity contribution in [2.75, 3.05) is 40.9 Å². The maximum atomic E-state index is 12.8. The number of allylic oxidation sites excluding steroid dienone is 10. The average molecular weight is 763 g/mol. The van der Waals surface area contributed by atoms with Crippen LogP contribution in [0.2, 0.25) is 0 Å². The van der Waals surface area contributed by atoms with Crippen LogP contribution in [-0.4, -0.2) is 68.5 Å². The number of hydrogen-bond donors (Lipinski definition) is 2. The third-order valence-electron chi connectivity index (χ3n) is 8.70. The van der Waals surface area contributed by atoms with Gasteiger partial charge in [0.05, 0.1) is 39.9 Å². The standard InChI is InChI=1S/C44H79N2O6P/c1-6-8-10-12-14-16-18-20-22-24-25-27-29-31-33-35-37-43(47)42(41-52-53(49,50)51-40-39-46(3,4)5)45-44(48)38-36-34-32-30-28-26-23-21-19-17-15-13-11-9-7-2/h9,11,15,17,21,23,28,30,34-37,42-43,47H,6-8,10,12-14,16,18-20,22,24-27,29,31-33,38-41H2,1-5H3,(H-,45,48,49,50)/b11-9-,17-15-,23-21-,30-28-,36-34-,37-35+. The second-order valence-corrected chi connectivity index (χ2v) is 16.4. The average Bonchev–Trinajstić information content (AvgIpc) is 3.10. The molecule has 0 bridgehead atoms. The number of quaternary nitrogens is 1. The van der Waals surface area contributed by atoms with E-state index in [1.54, 1.807) is 12.2 Å². The molecule has 53 heavy (non-hydrogen) atoms. The Labute approximate surface area is 325 Å². The van der Waals surface area contributed by atoms with Crippen molar-refractivity contribution < 1.29 is 32.9 Å². The van der Waals surface area contributed by atoms with Gasteiger partial charge in [-0.2, -0.15) is 0 Å². The lowest BCUT2D eigenvalue weighted by Gasteiger charge is -2.29. The highest BCUT2D eigenvalue weighted by atomic mass is 31.2. The van der Waals surface area contributed by atoms with Crippen molar-refractivity contribution >= 4 is 13.7 Å². The first-order valence-corrected chi connectivity index (χ1v) is 22.3. The van der Waals surface area contributed by atoms with Gasteiger partial charge >= 0.3 is 0 Å². The van der Waals surface area contributed by atoms with E-state index in [0.29, 0.717) is 17.4 Å². The molecule has 3 atom stereocenters. The number of phosphoric acid groups is 1. The highest BCUT2D eigenvalue weighted by Gasteiger charge is 2.22. The topological polar surface area (TPSA) is 108 Å². The van der Waals surface area contributed by atoms with E-state index in [1.165, 1.54) is 77.0 Å². The first kappa shape index (κ1) is 50.9. The first-order chi connectivity index (χ1) is 25.5. The summed E-state index contributed by atoms with van der Waals surface area (Å²) in [6.45, 7) is 4.43. The fourth-order valence-electron chi connectivity index (χ4n) is 5.39. The normalized spacial score (nSPS) is 15.2. The number of nitrogens with one attached hydrogen (secondary N) is 1. The Morgan fingerprint density at radius 1 is 0.679 bits per heavy atom. The summed E-state index contributed by atoms with van der Waals surface area (Å²) in [5, 5.41) is 13.7. The van der Waals surface area contributed by atoms with E-state index in [-0.39, 0.29) is 18.9 Å². The van der Waals surface area contributed by atoms with Gasteiger partial charge in [0.1, 0.15) is 13.2 Å². The molecular formula is C44H79N2O6P. The molecular weight excluding hydrogens is 683 g/mol. The molecule has 9 heteroatoms. The van der Waals surface area contributed by atoms with Crippen LogP contribution in [0, 0.1) is 0 Å². The van der Waals surface area contributed by atoms with Crippen LogP contribution >= 0.6 is 7.82 Å². The summed E-state index contributed by atoms with van der Waals surface area (Å²) in [6.07, 6.45) is 46.9. The van der Waals surface area contributed by atoms with E-state index in [9.17, 15) is 19.4 Å². The van der Waals surface area contributed by atoms with Crippen molar-refractivity contribution in [2.24, 2.45) is 0 Å². The molecule has 0 aromatic heterocycles. The zero-order chi connectivity index (χ0) is 39.3. The van der Waals surface area contributed by atoms with Crippen molar-refractivity contribution in [1.82, 2.24) is 5.32 Å². The van der Waals surface area contributed by atoms with Gasteiger partial charge in [0.15, 0.2) is 0 Å². The molecule has 0 aromatic carbocycles. The van der Waals surface area contributed by atoms with E-state index >= 15 is 0 Å². The van der Waals surface area contributed by atoms with Gasteiger partial charge in [-0.1, -0.05) is 170 Å². The maximum absolute atomic E-state index is 12.8. The third kappa shape index (κ3) is 38.0. The molecule has 0 heterocycles. The Kier molecular flexibility index (Phi) is 34.2. The number of rotatable bonds is 36. The van der Waals surface area contributed by atoms with Crippen LogP contribution in [-0.2, 0) is 18.4 Å². The Balaban J connectivity index is 4.64. The van der Waals surface area contributed by atoms with Gasteiger partial charge in [-0.05, 0) is 44.9 Å². The zero-order valence-electron chi connectivity index (χ0n) is 34.4. The maximum Gasteiger partial charge on any atom is 0.268 e. The highest BCUT2D eigenvalue weighted by Crippen LogP contribution is 2.38.